The lowest BCUT2D eigenvalue weighted by Crippen LogP contribution is -2.64. The van der Waals surface area contributed by atoms with Crippen LogP contribution >= 0.6 is 11.8 Å². The number of rotatable bonds is 20. The Kier molecular flexibility index (Phi) is 15.0. The molecule has 6 atom stereocenters. The Bertz CT molecular complexity index is 1870. The first-order valence-electron chi connectivity index (χ1n) is 20.0. The van der Waals surface area contributed by atoms with Gasteiger partial charge in [0.15, 0.2) is 0 Å². The van der Waals surface area contributed by atoms with Gasteiger partial charge >= 0.3 is 6.09 Å². The van der Waals surface area contributed by atoms with Crippen LogP contribution < -0.4 is 24.3 Å². The Morgan fingerprint density at radius 2 is 1.77 bits per heavy atom. The van der Waals surface area contributed by atoms with E-state index in [1.807, 2.05) is 42.5 Å². The maximum atomic E-state index is 13.4. The maximum absolute atomic E-state index is 13.4. The lowest BCUT2D eigenvalue weighted by Gasteiger charge is -2.58. The van der Waals surface area contributed by atoms with Crippen molar-refractivity contribution >= 4 is 29.3 Å². The second-order valence-electron chi connectivity index (χ2n) is 14.5. The van der Waals surface area contributed by atoms with Gasteiger partial charge in [-0.05, 0) is 84.7 Å². The highest BCUT2D eigenvalue weighted by Crippen LogP contribution is 2.62. The molecule has 3 aliphatic rings. The predicted octanol–water partition coefficient (Wildman–Crippen LogP) is 8.90. The Morgan fingerprint density at radius 1 is 1.00 bits per heavy atom. The van der Waals surface area contributed by atoms with Crippen molar-refractivity contribution in [1.82, 2.24) is 0 Å². The molecule has 1 aliphatic heterocycles. The first-order chi connectivity index (χ1) is 27.9. The predicted molar refractivity (Wildman–Crippen MR) is 224 cm³/mol. The number of aliphatic hydroxyl groups excluding tert-OH is 2. The molecule has 3 N–H and O–H groups in total. The van der Waals surface area contributed by atoms with Crippen LogP contribution in [0.1, 0.15) is 68.9 Å². The molecular weight excluding hydrogens is 745 g/mol. The van der Waals surface area contributed by atoms with Crippen molar-refractivity contribution in [3.8, 4) is 23.0 Å². The number of methoxy groups -OCH3 is 2. The monoisotopic (exact) mass is 800 g/mol. The van der Waals surface area contributed by atoms with Gasteiger partial charge in [-0.3, -0.25) is 5.32 Å². The van der Waals surface area contributed by atoms with E-state index in [0.29, 0.717) is 54.6 Å². The molecule has 2 aliphatic carbocycles. The largest absolute Gasteiger partial charge is 0.497 e. The molecule has 3 aromatic carbocycles. The van der Waals surface area contributed by atoms with Crippen LogP contribution in [0, 0.1) is 17.8 Å². The average Bonchev–Trinajstić information content (AvgIpc) is 3.23. The van der Waals surface area contributed by atoms with Crippen molar-refractivity contribution in [2.45, 2.75) is 75.4 Å². The van der Waals surface area contributed by atoms with Gasteiger partial charge in [0.25, 0.3) is 0 Å². The zero-order valence-electron chi connectivity index (χ0n) is 33.2. The number of nitrogens with one attached hydrogen (secondary N) is 1. The highest BCUT2D eigenvalue weighted by Gasteiger charge is 2.63. The highest BCUT2D eigenvalue weighted by molar-refractivity contribution is 8.00. The molecule has 1 amide bonds. The van der Waals surface area contributed by atoms with Crippen molar-refractivity contribution < 1.29 is 43.5 Å². The quantitative estimate of drug-likeness (QED) is 0.0577. The van der Waals surface area contributed by atoms with E-state index in [0.717, 1.165) is 53.8 Å². The minimum absolute atomic E-state index is 0.111. The summed E-state index contributed by atoms with van der Waals surface area (Å²) in [7, 11) is 3.09. The van der Waals surface area contributed by atoms with Gasteiger partial charge in [-0.15, -0.1) is 6.58 Å². The lowest BCUT2D eigenvalue weighted by atomic mass is 9.56. The number of carbonyl (C=O) groups is 1. The van der Waals surface area contributed by atoms with E-state index in [-0.39, 0.29) is 48.7 Å². The Morgan fingerprint density at radius 3 is 2.49 bits per heavy atom. The summed E-state index contributed by atoms with van der Waals surface area (Å²) in [6.45, 7) is 7.00. The number of amides is 1. The van der Waals surface area contributed by atoms with Crippen molar-refractivity contribution in [2.75, 3.05) is 45.1 Å². The third-order valence-corrected chi connectivity index (χ3v) is 12.3. The number of nitrogens with zero attached hydrogens (tertiary/aromatic N) is 1. The van der Waals surface area contributed by atoms with E-state index in [4.69, 9.17) is 33.7 Å². The molecule has 57 heavy (non-hydrogen) atoms. The summed E-state index contributed by atoms with van der Waals surface area (Å²) in [5, 5.41) is 27.2. The van der Waals surface area contributed by atoms with Crippen LogP contribution in [0.15, 0.2) is 96.2 Å². The van der Waals surface area contributed by atoms with Gasteiger partial charge in [-0.1, -0.05) is 67.4 Å². The van der Waals surface area contributed by atoms with Crippen molar-refractivity contribution in [2.24, 2.45) is 22.9 Å². The van der Waals surface area contributed by atoms with Gasteiger partial charge in [0.1, 0.15) is 29.6 Å². The standard InChI is InChI=1S/C45H56N2O9S/c1-5-24-53-45-41(57-6-2)28-38(47-54-29-30-14-8-7-9-15-30)35-25-31(16-10-12-22-48)34(17-11-13-23-49)42(43(35)45)36-26-33(19-21-39(36)56-45)55-44(50)46-37-20-18-32(51-3)27-40(37)52-4/h5,7-9,14-15,18-21,25-27,31,34,41-43,48-49H,1,6,10-13,16-17,22-24,28-29H2,2-4H3,(H,46,50)/t31-,34+,41-,42+,43+,45+/m0/s1. The number of anilines is 1. The topological polar surface area (TPSA) is 137 Å². The molecule has 0 bridgehead atoms. The van der Waals surface area contributed by atoms with Gasteiger partial charge < -0.3 is 38.7 Å². The number of benzene rings is 3. The van der Waals surface area contributed by atoms with Crippen LogP contribution in [0.25, 0.3) is 0 Å². The van der Waals surface area contributed by atoms with E-state index in [9.17, 15) is 15.0 Å². The number of hydrogen-bond acceptors (Lipinski definition) is 11. The average molecular weight is 801 g/mol. The van der Waals surface area contributed by atoms with E-state index >= 15 is 0 Å². The van der Waals surface area contributed by atoms with Crippen LogP contribution in [0.2, 0.25) is 0 Å². The second kappa shape index (κ2) is 20.3. The lowest BCUT2D eigenvalue weighted by molar-refractivity contribution is -0.223. The fourth-order valence-corrected chi connectivity index (χ4v) is 9.82. The smallest absolute Gasteiger partial charge is 0.417 e. The van der Waals surface area contributed by atoms with Crippen molar-refractivity contribution in [3.05, 3.63) is 102 Å². The fraction of sp³-hybridized carbons (Fsp3) is 0.467. The van der Waals surface area contributed by atoms with Gasteiger partial charge in [-0.2, -0.15) is 11.8 Å². The number of oxime groups is 1. The van der Waals surface area contributed by atoms with E-state index in [1.54, 1.807) is 49.2 Å². The Labute approximate surface area is 340 Å². The summed E-state index contributed by atoms with van der Waals surface area (Å²) in [4.78, 5) is 19.5. The number of fused-ring (bicyclic) bond motifs is 2. The van der Waals surface area contributed by atoms with Crippen LogP contribution in [-0.2, 0) is 16.2 Å². The first kappa shape index (κ1) is 42.1. The van der Waals surface area contributed by atoms with Crippen molar-refractivity contribution in [1.29, 1.82) is 0 Å². The Hall–Kier alpha value is -4.49. The van der Waals surface area contributed by atoms with Gasteiger partial charge in [0.2, 0.25) is 5.79 Å². The normalized spacial score (nSPS) is 24.0. The third kappa shape index (κ3) is 9.63. The number of aliphatic hydroxyl groups is 2. The zero-order chi connectivity index (χ0) is 40.2. The molecule has 0 aromatic heterocycles. The summed E-state index contributed by atoms with van der Waals surface area (Å²) in [6.07, 6.45) is 8.80. The van der Waals surface area contributed by atoms with Gasteiger partial charge in [-0.25, -0.2) is 4.79 Å². The van der Waals surface area contributed by atoms with Crippen LogP contribution in [0.5, 0.6) is 23.0 Å². The molecule has 1 fully saturated rings. The van der Waals surface area contributed by atoms with Gasteiger partial charge in [0.05, 0.1) is 43.4 Å². The number of unbranched alkanes of at least 4 members (excludes halogenated alkanes) is 2. The van der Waals surface area contributed by atoms with Crippen LogP contribution in [0.4, 0.5) is 10.5 Å². The first-order valence-corrected chi connectivity index (χ1v) is 21.0. The molecule has 0 radical (unpaired) electrons. The third-order valence-electron chi connectivity index (χ3n) is 11.1. The summed E-state index contributed by atoms with van der Waals surface area (Å²) >= 11 is 1.79. The summed E-state index contributed by atoms with van der Waals surface area (Å²) in [6, 6.07) is 20.7. The molecule has 0 saturated heterocycles. The van der Waals surface area contributed by atoms with Crippen molar-refractivity contribution in [3.63, 3.8) is 0 Å². The number of thioether (sulfide) groups is 1. The molecule has 6 rings (SSSR count). The summed E-state index contributed by atoms with van der Waals surface area (Å²) < 4.78 is 30.9. The second-order valence-corrected chi connectivity index (χ2v) is 16.0. The molecule has 0 spiro atoms. The van der Waals surface area contributed by atoms with E-state index < -0.39 is 11.9 Å². The van der Waals surface area contributed by atoms with Gasteiger partial charge in [0, 0.05) is 37.2 Å². The van der Waals surface area contributed by atoms with E-state index in [2.05, 4.69) is 24.9 Å². The highest BCUT2D eigenvalue weighted by atomic mass is 32.2. The molecule has 11 nitrogen and oxygen atoms in total. The summed E-state index contributed by atoms with van der Waals surface area (Å²) in [5.41, 5.74) is 4.30. The minimum atomic E-state index is -1.06. The molecule has 1 saturated carbocycles. The molecular formula is C45H56N2O9S. The number of allylic oxidation sites excluding steroid dienone is 1. The van der Waals surface area contributed by atoms with Crippen LogP contribution in [0.3, 0.4) is 0 Å². The fourth-order valence-electron chi connectivity index (χ4n) is 8.64. The molecule has 12 heteroatoms. The SMILES string of the molecule is C=CCO[C@@]12Oc3ccc(OC(=O)Nc4ccc(OC)cc4OC)cc3[C@H]3[C@H](CCCCO)[C@@H](CCCCO)C=C(C(=NOCc4ccccc4)C[C@@H]1SCC)[C@H]32. The molecule has 1 heterocycles. The molecule has 3 aromatic rings. The molecule has 306 valence electrons. The van der Waals surface area contributed by atoms with Crippen LogP contribution in [-0.4, -0.2) is 72.8 Å². The zero-order valence-corrected chi connectivity index (χ0v) is 34.0. The Balaban J connectivity index is 1.45. The molecule has 0 unspecified atom stereocenters. The number of carbonyl (C=O) groups excluding carboxylic acids is 1. The minimum Gasteiger partial charge on any atom is -0.497 e. The summed E-state index contributed by atoms with van der Waals surface area (Å²) in [5.74, 6) is 1.65. The number of hydrogen-bond donors (Lipinski definition) is 3. The maximum Gasteiger partial charge on any atom is 0.417 e. The number of ether oxygens (including phenoxy) is 5. The van der Waals surface area contributed by atoms with E-state index in [1.165, 1.54) is 7.11 Å².